The maximum absolute atomic E-state index is 12.2. The number of hydrogen-bond acceptors (Lipinski definition) is 13. The van der Waals surface area contributed by atoms with Gasteiger partial charge in [0.15, 0.2) is 23.3 Å². The zero-order valence-electron chi connectivity index (χ0n) is 18.3. The summed E-state index contributed by atoms with van der Waals surface area (Å²) in [7, 11) is -12.8. The second kappa shape index (κ2) is 11.3. The molecule has 0 amide bonds. The molecule has 2 aromatic rings. The van der Waals surface area contributed by atoms with E-state index in [2.05, 4.69) is 37.5 Å². The Morgan fingerprint density at radius 2 is 1.86 bits per heavy atom. The standard InChI is InChI=1S/C14H25N5O13P4/c15-14-17-11-8(12(22)18-14)16-5-19(11)13-10(21)9(20)7(31-13)4-30-36(27,28)32-35(25,26)6-34(23,24)29-2-1-3-33/h5,7,9-10,13,20-21H,1-4,6,33H2,(H,23,24)(H,25,26)(H,27,28)(H3,15,17,18,22). The Bertz CT molecular complexity index is 1290. The van der Waals surface area contributed by atoms with Gasteiger partial charge in [-0.05, 0) is 12.6 Å². The van der Waals surface area contributed by atoms with Crippen molar-refractivity contribution in [2.75, 3.05) is 31.0 Å². The number of H-pyrrole nitrogens is 1. The van der Waals surface area contributed by atoms with Crippen LogP contribution < -0.4 is 11.3 Å². The summed E-state index contributed by atoms with van der Waals surface area (Å²) in [5.41, 5.74) is 4.63. The molecule has 1 aliphatic rings. The lowest BCUT2D eigenvalue weighted by molar-refractivity contribution is -0.0501. The Hall–Kier alpha value is -1.09. The molecular formula is C14H25N5O13P4. The van der Waals surface area contributed by atoms with Gasteiger partial charge in [-0.3, -0.25) is 28.0 Å². The molecule has 36 heavy (non-hydrogen) atoms. The molecule has 3 heterocycles. The first-order valence-electron chi connectivity index (χ1n) is 10.1. The molecule has 0 aromatic carbocycles. The molecule has 8 N–H and O–H groups in total. The average molecular weight is 595 g/mol. The highest BCUT2D eigenvalue weighted by atomic mass is 31.3. The van der Waals surface area contributed by atoms with E-state index in [9.17, 15) is 43.4 Å². The third kappa shape index (κ3) is 7.27. The smallest absolute Gasteiger partial charge is 0.387 e. The molecule has 0 spiro atoms. The van der Waals surface area contributed by atoms with Crippen LogP contribution in [0, 0.1) is 0 Å². The first kappa shape index (κ1) is 29.5. The molecule has 1 aliphatic heterocycles. The third-order valence-electron chi connectivity index (χ3n) is 4.69. The van der Waals surface area contributed by atoms with Crippen LogP contribution in [0.15, 0.2) is 11.1 Å². The first-order valence-corrected chi connectivity index (χ1v) is 15.9. The summed E-state index contributed by atoms with van der Waals surface area (Å²) < 4.78 is 56.1. The summed E-state index contributed by atoms with van der Waals surface area (Å²) in [6.45, 7) is -1.12. The van der Waals surface area contributed by atoms with Crippen LogP contribution in [0.5, 0.6) is 0 Å². The van der Waals surface area contributed by atoms with Crippen molar-refractivity contribution < 1.29 is 56.7 Å². The third-order valence-corrected chi connectivity index (χ3v) is 10.9. The van der Waals surface area contributed by atoms with Crippen molar-refractivity contribution in [3.05, 3.63) is 16.7 Å². The summed E-state index contributed by atoms with van der Waals surface area (Å²) in [5, 5.41) is 20.7. The first-order chi connectivity index (χ1) is 16.6. The number of imidazole rings is 1. The number of aliphatic hydroxyl groups is 2. The summed E-state index contributed by atoms with van der Waals surface area (Å²) in [4.78, 5) is 51.1. The normalized spacial score (nSPS) is 27.5. The Labute approximate surface area is 204 Å². The molecule has 18 nitrogen and oxygen atoms in total. The highest BCUT2D eigenvalue weighted by molar-refractivity contribution is 7.74. The van der Waals surface area contributed by atoms with E-state index >= 15 is 0 Å². The molecular weight excluding hydrogens is 570 g/mol. The fraction of sp³-hybridized carbons (Fsp3) is 0.643. The minimum absolute atomic E-state index is 0.0835. The van der Waals surface area contributed by atoms with E-state index in [-0.39, 0.29) is 23.7 Å². The van der Waals surface area contributed by atoms with E-state index in [1.165, 1.54) is 0 Å². The largest absolute Gasteiger partial charge is 0.479 e. The number of aromatic amines is 1. The lowest BCUT2D eigenvalue weighted by atomic mass is 10.1. The summed E-state index contributed by atoms with van der Waals surface area (Å²) >= 11 is 0. The molecule has 0 radical (unpaired) electrons. The summed E-state index contributed by atoms with van der Waals surface area (Å²) in [6.07, 6.45) is -4.21. The van der Waals surface area contributed by atoms with Crippen molar-refractivity contribution >= 4 is 49.4 Å². The number of phosphoric ester groups is 1. The Kier molecular flexibility index (Phi) is 9.28. The lowest BCUT2D eigenvalue weighted by Gasteiger charge is -2.20. The van der Waals surface area contributed by atoms with Crippen molar-refractivity contribution in [1.29, 1.82) is 0 Å². The summed E-state index contributed by atoms with van der Waals surface area (Å²) in [6, 6.07) is 0. The van der Waals surface area contributed by atoms with Crippen molar-refractivity contribution in [2.24, 2.45) is 0 Å². The molecule has 3 rings (SSSR count). The van der Waals surface area contributed by atoms with E-state index in [1.807, 2.05) is 0 Å². The SMILES string of the molecule is Nc1nc2c(ncn2C2OC(COP(=O)(O)OP(=O)(O)CP(=O)(O)OCCCP)C(O)C2O)c(=O)[nH]1. The van der Waals surface area contributed by atoms with Crippen molar-refractivity contribution in [3.8, 4) is 0 Å². The van der Waals surface area contributed by atoms with Crippen LogP contribution in [0.2, 0.25) is 0 Å². The van der Waals surface area contributed by atoms with Gasteiger partial charge >= 0.3 is 23.0 Å². The maximum Gasteiger partial charge on any atom is 0.479 e. The van der Waals surface area contributed by atoms with Gasteiger partial charge in [0.1, 0.15) is 18.3 Å². The highest BCUT2D eigenvalue weighted by Gasteiger charge is 2.46. The van der Waals surface area contributed by atoms with Crippen molar-refractivity contribution in [1.82, 2.24) is 19.5 Å². The fourth-order valence-corrected chi connectivity index (χ4v) is 8.36. The summed E-state index contributed by atoms with van der Waals surface area (Å²) in [5.74, 6) is -1.73. The van der Waals surface area contributed by atoms with Gasteiger partial charge in [-0.25, -0.2) is 13.9 Å². The van der Waals surface area contributed by atoms with Gasteiger partial charge in [0.25, 0.3) is 5.56 Å². The molecule has 204 valence electrons. The van der Waals surface area contributed by atoms with Gasteiger partial charge in [-0.2, -0.15) is 4.98 Å². The molecule has 1 fully saturated rings. The van der Waals surface area contributed by atoms with Crippen LogP contribution >= 0.6 is 32.3 Å². The van der Waals surface area contributed by atoms with Gasteiger partial charge in [-0.15, -0.1) is 9.24 Å². The lowest BCUT2D eigenvalue weighted by Crippen LogP contribution is -2.33. The molecule has 1 saturated heterocycles. The van der Waals surface area contributed by atoms with Crippen LogP contribution in [-0.4, -0.2) is 88.0 Å². The van der Waals surface area contributed by atoms with Gasteiger partial charge in [0.2, 0.25) is 5.95 Å². The zero-order chi connectivity index (χ0) is 26.9. The topological polar surface area (TPSA) is 279 Å². The van der Waals surface area contributed by atoms with Crippen LogP contribution in [0.1, 0.15) is 12.6 Å². The van der Waals surface area contributed by atoms with Gasteiger partial charge in [0, 0.05) is 0 Å². The van der Waals surface area contributed by atoms with E-state index in [4.69, 9.17) is 10.5 Å². The number of nitrogens with two attached hydrogens (primary N) is 1. The Balaban J connectivity index is 1.65. The van der Waals surface area contributed by atoms with Gasteiger partial charge in [-0.1, -0.05) is 0 Å². The van der Waals surface area contributed by atoms with Crippen LogP contribution in [0.4, 0.5) is 5.95 Å². The zero-order valence-corrected chi connectivity index (χ0v) is 22.1. The molecule has 22 heteroatoms. The fourth-order valence-electron chi connectivity index (χ4n) is 3.16. The second-order valence-electron chi connectivity index (χ2n) is 7.56. The van der Waals surface area contributed by atoms with Crippen LogP contribution in [0.25, 0.3) is 11.2 Å². The molecule has 8 unspecified atom stereocenters. The quantitative estimate of drug-likeness (QED) is 0.115. The van der Waals surface area contributed by atoms with Gasteiger partial charge < -0.3 is 39.9 Å². The number of hydrogen-bond donors (Lipinski definition) is 7. The predicted octanol–water partition coefficient (Wildman–Crippen LogP) is -0.935. The highest BCUT2D eigenvalue weighted by Crippen LogP contribution is 2.66. The van der Waals surface area contributed by atoms with Crippen LogP contribution in [-0.2, 0) is 31.8 Å². The Morgan fingerprint density at radius 1 is 1.17 bits per heavy atom. The van der Waals surface area contributed by atoms with Crippen molar-refractivity contribution in [2.45, 2.75) is 31.0 Å². The van der Waals surface area contributed by atoms with Crippen molar-refractivity contribution in [3.63, 3.8) is 0 Å². The molecule has 0 aliphatic carbocycles. The Morgan fingerprint density at radius 3 is 2.53 bits per heavy atom. The maximum atomic E-state index is 12.2. The van der Waals surface area contributed by atoms with E-state index in [1.54, 1.807) is 0 Å². The average Bonchev–Trinajstić information content (AvgIpc) is 3.26. The second-order valence-corrected chi connectivity index (χ2v) is 13.9. The number of rotatable bonds is 12. The molecule has 8 atom stereocenters. The molecule has 2 aromatic heterocycles. The molecule has 0 bridgehead atoms. The number of phosphoric acid groups is 1. The number of nitrogens with zero attached hydrogens (tertiary/aromatic N) is 3. The van der Waals surface area contributed by atoms with Crippen LogP contribution in [0.3, 0.4) is 0 Å². The monoisotopic (exact) mass is 595 g/mol. The minimum Gasteiger partial charge on any atom is -0.387 e. The predicted molar refractivity (Wildman–Crippen MR) is 125 cm³/mol. The number of aromatic nitrogens is 4. The minimum atomic E-state index is -5.33. The van der Waals surface area contributed by atoms with E-state index < -0.39 is 65.6 Å². The number of nitrogens with one attached hydrogen (secondary N) is 1. The number of aliphatic hydroxyl groups excluding tert-OH is 2. The number of anilines is 1. The number of fused-ring (bicyclic) bond motifs is 1. The molecule has 0 saturated carbocycles. The number of ether oxygens (including phenoxy) is 1. The van der Waals surface area contributed by atoms with Gasteiger partial charge in [0.05, 0.1) is 19.5 Å². The van der Waals surface area contributed by atoms with E-state index in [0.717, 1.165) is 10.9 Å². The van der Waals surface area contributed by atoms with E-state index in [0.29, 0.717) is 12.6 Å². The number of nitrogen functional groups attached to an aromatic ring is 1.